The van der Waals surface area contributed by atoms with Gasteiger partial charge in [0.15, 0.2) is 0 Å². The summed E-state index contributed by atoms with van der Waals surface area (Å²) in [5.74, 6) is -1.23. The average molecular weight is 279 g/mol. The van der Waals surface area contributed by atoms with Gasteiger partial charge in [-0.2, -0.15) is 0 Å². The van der Waals surface area contributed by atoms with E-state index < -0.39 is 5.97 Å². The number of benzene rings is 1. The van der Waals surface area contributed by atoms with E-state index in [1.165, 1.54) is 12.1 Å². The molecule has 1 amide bonds. The molecule has 0 aromatic heterocycles. The Labute approximate surface area is 116 Å². The fraction of sp³-hybridized carbons (Fsp3) is 0.429. The van der Waals surface area contributed by atoms with E-state index in [1.54, 1.807) is 24.1 Å². The van der Waals surface area contributed by atoms with Gasteiger partial charge < -0.3 is 19.5 Å². The van der Waals surface area contributed by atoms with Crippen LogP contribution in [0.5, 0.6) is 0 Å². The highest BCUT2D eigenvalue weighted by molar-refractivity contribution is 5.97. The van der Waals surface area contributed by atoms with E-state index in [9.17, 15) is 9.59 Å². The predicted molar refractivity (Wildman–Crippen MR) is 70.9 cm³/mol. The minimum atomic E-state index is -1.04. The molecular formula is C14H17NO5. The summed E-state index contributed by atoms with van der Waals surface area (Å²) in [7, 11) is 1.58. The van der Waals surface area contributed by atoms with Crippen LogP contribution in [0.1, 0.15) is 20.7 Å². The van der Waals surface area contributed by atoms with Gasteiger partial charge in [-0.25, -0.2) is 4.79 Å². The average Bonchev–Trinajstić information content (AvgIpc) is 2.47. The molecule has 0 spiro atoms. The van der Waals surface area contributed by atoms with Crippen molar-refractivity contribution in [2.75, 3.05) is 33.4 Å². The summed E-state index contributed by atoms with van der Waals surface area (Å²) in [6.45, 7) is 1.83. The highest BCUT2D eigenvalue weighted by Gasteiger charge is 2.25. The standard InChI is InChI=1S/C14H17NO5/c1-19-9-12-8-15(5-6-20-12)13(16)10-3-2-4-11(7-10)14(17)18/h2-4,7,12H,5-6,8-9H2,1H3,(H,17,18). The SMILES string of the molecule is COCC1CN(C(=O)c2cccc(C(=O)O)c2)CCO1. The van der Waals surface area contributed by atoms with Crippen LogP contribution >= 0.6 is 0 Å². The highest BCUT2D eigenvalue weighted by atomic mass is 16.5. The fourth-order valence-corrected chi connectivity index (χ4v) is 2.16. The molecule has 1 unspecified atom stereocenters. The van der Waals surface area contributed by atoms with Crippen LogP contribution in [0.2, 0.25) is 0 Å². The zero-order chi connectivity index (χ0) is 14.5. The second-order valence-electron chi connectivity index (χ2n) is 4.59. The van der Waals surface area contributed by atoms with Crippen LogP contribution in [0.25, 0.3) is 0 Å². The van der Waals surface area contributed by atoms with Crippen LogP contribution in [0.4, 0.5) is 0 Å². The molecule has 1 fully saturated rings. The molecular weight excluding hydrogens is 262 g/mol. The van der Waals surface area contributed by atoms with Crippen LogP contribution in [0.15, 0.2) is 24.3 Å². The molecule has 6 nitrogen and oxygen atoms in total. The molecule has 1 atom stereocenters. The van der Waals surface area contributed by atoms with E-state index in [2.05, 4.69) is 0 Å². The largest absolute Gasteiger partial charge is 0.478 e. The molecule has 0 radical (unpaired) electrons. The van der Waals surface area contributed by atoms with Crippen molar-refractivity contribution in [3.8, 4) is 0 Å². The number of carbonyl (C=O) groups excluding carboxylic acids is 1. The second-order valence-corrected chi connectivity index (χ2v) is 4.59. The quantitative estimate of drug-likeness (QED) is 0.885. The van der Waals surface area contributed by atoms with Gasteiger partial charge in [-0.15, -0.1) is 0 Å². The van der Waals surface area contributed by atoms with Gasteiger partial charge in [0.05, 0.1) is 24.9 Å². The summed E-state index contributed by atoms with van der Waals surface area (Å²) in [5.41, 5.74) is 0.487. The third kappa shape index (κ3) is 3.34. The molecule has 1 aliphatic rings. The molecule has 1 N–H and O–H groups in total. The summed E-state index contributed by atoms with van der Waals surface area (Å²) < 4.78 is 10.5. The van der Waals surface area contributed by atoms with Gasteiger partial charge in [0.2, 0.25) is 0 Å². The first-order valence-corrected chi connectivity index (χ1v) is 6.35. The second kappa shape index (κ2) is 6.49. The number of methoxy groups -OCH3 is 1. The number of amides is 1. The Morgan fingerprint density at radius 1 is 1.45 bits per heavy atom. The van der Waals surface area contributed by atoms with Crippen LogP contribution in [-0.2, 0) is 9.47 Å². The molecule has 0 bridgehead atoms. The topological polar surface area (TPSA) is 76.1 Å². The third-order valence-corrected chi connectivity index (χ3v) is 3.14. The number of hydrogen-bond donors (Lipinski definition) is 1. The molecule has 0 aliphatic carbocycles. The maximum absolute atomic E-state index is 12.4. The lowest BCUT2D eigenvalue weighted by Gasteiger charge is -2.32. The van der Waals surface area contributed by atoms with Crippen LogP contribution in [0, 0.1) is 0 Å². The first-order chi connectivity index (χ1) is 9.61. The first-order valence-electron chi connectivity index (χ1n) is 6.35. The number of carbonyl (C=O) groups is 2. The number of ether oxygens (including phenoxy) is 2. The van der Waals surface area contributed by atoms with Gasteiger partial charge in [0.25, 0.3) is 5.91 Å². The number of rotatable bonds is 4. The van der Waals surface area contributed by atoms with E-state index in [-0.39, 0.29) is 17.6 Å². The van der Waals surface area contributed by atoms with Crippen LogP contribution < -0.4 is 0 Å². The van der Waals surface area contributed by atoms with Crippen molar-refractivity contribution >= 4 is 11.9 Å². The van der Waals surface area contributed by atoms with E-state index in [1.807, 2.05) is 0 Å². The molecule has 108 valence electrons. The third-order valence-electron chi connectivity index (χ3n) is 3.14. The maximum Gasteiger partial charge on any atom is 0.335 e. The molecule has 6 heteroatoms. The molecule has 20 heavy (non-hydrogen) atoms. The van der Waals surface area contributed by atoms with Crippen LogP contribution in [0.3, 0.4) is 0 Å². The van der Waals surface area contributed by atoms with Gasteiger partial charge in [-0.3, -0.25) is 4.79 Å². The Morgan fingerprint density at radius 2 is 2.20 bits per heavy atom. The van der Waals surface area contributed by atoms with Crippen molar-refractivity contribution in [2.24, 2.45) is 0 Å². The zero-order valence-electron chi connectivity index (χ0n) is 11.2. The van der Waals surface area contributed by atoms with E-state index in [4.69, 9.17) is 14.6 Å². The van der Waals surface area contributed by atoms with E-state index in [0.717, 1.165) is 0 Å². The van der Waals surface area contributed by atoms with Crippen molar-refractivity contribution < 1.29 is 24.2 Å². The number of hydrogen-bond acceptors (Lipinski definition) is 4. The number of carboxylic acid groups (broad SMARTS) is 1. The van der Waals surface area contributed by atoms with Crippen molar-refractivity contribution in [3.05, 3.63) is 35.4 Å². The zero-order valence-corrected chi connectivity index (χ0v) is 11.2. The Morgan fingerprint density at radius 3 is 2.90 bits per heavy atom. The van der Waals surface area contributed by atoms with E-state index >= 15 is 0 Å². The smallest absolute Gasteiger partial charge is 0.335 e. The van der Waals surface area contributed by atoms with Crippen molar-refractivity contribution in [1.29, 1.82) is 0 Å². The Balaban J connectivity index is 2.10. The van der Waals surface area contributed by atoms with Gasteiger partial charge >= 0.3 is 5.97 Å². The first kappa shape index (κ1) is 14.5. The predicted octanol–water partition coefficient (Wildman–Crippen LogP) is 0.872. The normalized spacial score (nSPS) is 18.9. The maximum atomic E-state index is 12.4. The van der Waals surface area contributed by atoms with Crippen molar-refractivity contribution in [3.63, 3.8) is 0 Å². The molecule has 1 aliphatic heterocycles. The summed E-state index contributed by atoms with van der Waals surface area (Å²) in [6, 6.07) is 6.05. The lowest BCUT2D eigenvalue weighted by atomic mass is 10.1. The van der Waals surface area contributed by atoms with Gasteiger partial charge in [-0.1, -0.05) is 6.07 Å². The lowest BCUT2D eigenvalue weighted by Crippen LogP contribution is -2.47. The minimum absolute atomic E-state index is 0.109. The summed E-state index contributed by atoms with van der Waals surface area (Å²) in [6.07, 6.45) is -0.139. The Bertz CT molecular complexity index is 500. The number of aromatic carboxylic acids is 1. The number of carboxylic acids is 1. The highest BCUT2D eigenvalue weighted by Crippen LogP contribution is 2.12. The van der Waals surface area contributed by atoms with Gasteiger partial charge in [0.1, 0.15) is 0 Å². The monoisotopic (exact) mass is 279 g/mol. The summed E-state index contributed by atoms with van der Waals surface area (Å²) in [4.78, 5) is 24.9. The Hall–Kier alpha value is -1.92. The van der Waals surface area contributed by atoms with Crippen molar-refractivity contribution in [1.82, 2.24) is 4.90 Å². The van der Waals surface area contributed by atoms with Crippen molar-refractivity contribution in [2.45, 2.75) is 6.10 Å². The summed E-state index contributed by atoms with van der Waals surface area (Å²) >= 11 is 0. The van der Waals surface area contributed by atoms with Gasteiger partial charge in [0, 0.05) is 25.8 Å². The van der Waals surface area contributed by atoms with E-state index in [0.29, 0.717) is 31.9 Å². The molecule has 1 heterocycles. The Kier molecular flexibility index (Phi) is 4.70. The minimum Gasteiger partial charge on any atom is -0.478 e. The number of nitrogens with zero attached hydrogens (tertiary/aromatic N) is 1. The summed E-state index contributed by atoms with van der Waals surface area (Å²) in [5, 5.41) is 8.95. The van der Waals surface area contributed by atoms with Crippen LogP contribution in [-0.4, -0.2) is 61.4 Å². The lowest BCUT2D eigenvalue weighted by molar-refractivity contribution is -0.0531. The molecule has 1 aromatic rings. The molecule has 1 saturated heterocycles. The fourth-order valence-electron chi connectivity index (χ4n) is 2.16. The number of morpholine rings is 1. The molecule has 0 saturated carbocycles. The molecule has 1 aromatic carbocycles. The molecule has 2 rings (SSSR count). The van der Waals surface area contributed by atoms with Gasteiger partial charge in [-0.05, 0) is 18.2 Å².